The molecule has 1 amide bonds. The smallest absolute Gasteiger partial charge is 0.341 e. The van der Waals surface area contributed by atoms with Gasteiger partial charge < -0.3 is 15.2 Å². The number of nitrogens with one attached hydrogen (secondary N) is 1. The van der Waals surface area contributed by atoms with E-state index in [1.54, 1.807) is 13.8 Å². The first-order valence-electron chi connectivity index (χ1n) is 10.3. The fraction of sp³-hybridized carbons (Fsp3) is 0.667. The maximum Gasteiger partial charge on any atom is 0.341 e. The summed E-state index contributed by atoms with van der Waals surface area (Å²) in [6, 6.07) is 0. The predicted molar refractivity (Wildman–Crippen MR) is 106 cm³/mol. The van der Waals surface area contributed by atoms with Crippen LogP contribution in [0.2, 0.25) is 0 Å². The van der Waals surface area contributed by atoms with Crippen molar-refractivity contribution in [1.29, 1.82) is 0 Å². The first-order chi connectivity index (χ1) is 13.4. The van der Waals surface area contributed by atoms with Gasteiger partial charge in [-0.1, -0.05) is 0 Å². The van der Waals surface area contributed by atoms with E-state index in [2.05, 4.69) is 5.32 Å². The maximum absolute atomic E-state index is 13.2. The number of carboxylic acids is 1. The van der Waals surface area contributed by atoms with Crippen LogP contribution in [0.25, 0.3) is 0 Å². The zero-order chi connectivity index (χ0) is 20.0. The van der Waals surface area contributed by atoms with E-state index in [4.69, 9.17) is 4.74 Å². The topological polar surface area (TPSA) is 92.7 Å². The molecule has 152 valence electrons. The van der Waals surface area contributed by atoms with Gasteiger partial charge in [0, 0.05) is 4.88 Å². The van der Waals surface area contributed by atoms with Gasteiger partial charge in [-0.15, -0.1) is 11.3 Å². The summed E-state index contributed by atoms with van der Waals surface area (Å²) in [6.07, 6.45) is 6.10. The van der Waals surface area contributed by atoms with Gasteiger partial charge in [0.2, 0.25) is 5.91 Å². The molecule has 1 aromatic rings. The van der Waals surface area contributed by atoms with Gasteiger partial charge in [-0.2, -0.15) is 0 Å². The minimum atomic E-state index is -0.873. The van der Waals surface area contributed by atoms with E-state index in [9.17, 15) is 19.5 Å². The van der Waals surface area contributed by atoms with Crippen molar-refractivity contribution < 1.29 is 24.2 Å². The van der Waals surface area contributed by atoms with Crippen LogP contribution in [0, 0.1) is 23.7 Å². The highest BCUT2D eigenvalue weighted by molar-refractivity contribution is 7.17. The molecule has 0 aromatic carbocycles. The number of carbonyl (C=O) groups excluding carboxylic acids is 2. The summed E-state index contributed by atoms with van der Waals surface area (Å²) in [4.78, 5) is 38.9. The van der Waals surface area contributed by atoms with Crippen LogP contribution in [-0.4, -0.2) is 29.1 Å². The van der Waals surface area contributed by atoms with E-state index in [0.29, 0.717) is 10.6 Å². The second kappa shape index (κ2) is 7.50. The molecule has 3 fully saturated rings. The van der Waals surface area contributed by atoms with Gasteiger partial charge in [0.15, 0.2) is 0 Å². The normalized spacial score (nSPS) is 28.2. The number of aryl methyl sites for hydroxylation is 1. The number of esters is 1. The van der Waals surface area contributed by atoms with Gasteiger partial charge in [0.05, 0.1) is 23.5 Å². The first-order valence-corrected chi connectivity index (χ1v) is 11.1. The number of carboxylic acid groups (broad SMARTS) is 1. The summed E-state index contributed by atoms with van der Waals surface area (Å²) in [5, 5.41) is 13.2. The number of aliphatic carboxylic acids is 1. The van der Waals surface area contributed by atoms with Crippen molar-refractivity contribution in [3.05, 3.63) is 16.0 Å². The molecule has 1 aromatic heterocycles. The molecule has 0 radical (unpaired) electrons. The summed E-state index contributed by atoms with van der Waals surface area (Å²) in [5.74, 6) is -2.46. The molecule has 4 aliphatic rings. The summed E-state index contributed by atoms with van der Waals surface area (Å²) >= 11 is 1.45. The lowest BCUT2D eigenvalue weighted by Gasteiger charge is -2.45. The van der Waals surface area contributed by atoms with Gasteiger partial charge in [0.25, 0.3) is 0 Å². The van der Waals surface area contributed by atoms with E-state index in [1.165, 1.54) is 11.3 Å². The Kier molecular flexibility index (Phi) is 5.21. The van der Waals surface area contributed by atoms with E-state index >= 15 is 0 Å². The predicted octanol–water partition coefficient (Wildman–Crippen LogP) is 3.88. The van der Waals surface area contributed by atoms with Crippen molar-refractivity contribution in [2.75, 3.05) is 5.32 Å². The van der Waals surface area contributed by atoms with Crippen LogP contribution in [-0.2, 0) is 27.2 Å². The number of rotatable bonds is 5. The van der Waals surface area contributed by atoms with Crippen molar-refractivity contribution in [2.24, 2.45) is 23.7 Å². The molecule has 0 spiro atoms. The lowest BCUT2D eigenvalue weighted by Crippen LogP contribution is -2.49. The highest BCUT2D eigenvalue weighted by Gasteiger charge is 2.50. The zero-order valence-electron chi connectivity index (χ0n) is 16.3. The minimum Gasteiger partial charge on any atom is -0.481 e. The fourth-order valence-corrected chi connectivity index (χ4v) is 6.64. The third-order valence-electron chi connectivity index (χ3n) is 6.51. The molecule has 0 saturated heterocycles. The first kappa shape index (κ1) is 19.4. The molecule has 1 heterocycles. The summed E-state index contributed by atoms with van der Waals surface area (Å²) in [5.41, 5.74) is 1.47. The lowest BCUT2D eigenvalue weighted by molar-refractivity contribution is -0.156. The van der Waals surface area contributed by atoms with Crippen molar-refractivity contribution in [1.82, 2.24) is 0 Å². The number of hydrogen-bond acceptors (Lipinski definition) is 5. The molecule has 6 nitrogen and oxygen atoms in total. The Morgan fingerprint density at radius 1 is 1.07 bits per heavy atom. The number of carbonyl (C=O) groups is 3. The second-order valence-corrected chi connectivity index (χ2v) is 9.67. The standard InChI is InChI=1S/C21H27NO5S/c1-10(2)27-21(26)17-13-4-3-5-14(13)28-19(17)22-18(23)15-11-6-8-12(9-7-11)16(15)20(24)25/h10-12,15-16H,3-9H2,1-2H3,(H,22,23)(H,24,25)/t11?,12?,15-,16+/m0/s1. The summed E-state index contributed by atoms with van der Waals surface area (Å²) in [6.45, 7) is 3.61. The second-order valence-electron chi connectivity index (χ2n) is 8.57. The molecule has 0 unspecified atom stereocenters. The maximum atomic E-state index is 13.2. The van der Waals surface area contributed by atoms with E-state index < -0.39 is 23.8 Å². The molecule has 2 atom stereocenters. The molecule has 28 heavy (non-hydrogen) atoms. The fourth-order valence-electron chi connectivity index (χ4n) is 5.36. The van der Waals surface area contributed by atoms with Crippen LogP contribution in [0.15, 0.2) is 0 Å². The monoisotopic (exact) mass is 405 g/mol. The molecular formula is C21H27NO5S. The van der Waals surface area contributed by atoms with Gasteiger partial charge in [-0.3, -0.25) is 9.59 Å². The largest absolute Gasteiger partial charge is 0.481 e. The SMILES string of the molecule is CC(C)OC(=O)c1c(NC(=O)[C@H]2C3CCC(CC3)[C@H]2C(=O)O)sc2c1CCC2. The van der Waals surface area contributed by atoms with Crippen molar-refractivity contribution >= 4 is 34.2 Å². The lowest BCUT2D eigenvalue weighted by atomic mass is 9.58. The van der Waals surface area contributed by atoms with E-state index in [-0.39, 0.29) is 23.8 Å². The number of hydrogen-bond donors (Lipinski definition) is 2. The Morgan fingerprint density at radius 2 is 1.71 bits per heavy atom. The Balaban J connectivity index is 1.61. The van der Waals surface area contributed by atoms with Crippen LogP contribution in [0.4, 0.5) is 5.00 Å². The number of fused-ring (bicyclic) bond motifs is 4. The Hall–Kier alpha value is -1.89. The highest BCUT2D eigenvalue weighted by Crippen LogP contribution is 2.50. The molecule has 2 bridgehead atoms. The molecule has 0 aliphatic heterocycles. The third kappa shape index (κ3) is 3.34. The molecule has 4 aliphatic carbocycles. The Labute approximate surface area is 168 Å². The zero-order valence-corrected chi connectivity index (χ0v) is 17.1. The third-order valence-corrected chi connectivity index (χ3v) is 7.72. The van der Waals surface area contributed by atoms with Crippen LogP contribution < -0.4 is 5.32 Å². The van der Waals surface area contributed by atoms with Gasteiger partial charge >= 0.3 is 11.9 Å². The number of ether oxygens (including phenoxy) is 1. The van der Waals surface area contributed by atoms with Crippen molar-refractivity contribution in [3.63, 3.8) is 0 Å². The Morgan fingerprint density at radius 3 is 2.32 bits per heavy atom. The van der Waals surface area contributed by atoms with Gasteiger partial charge in [0.1, 0.15) is 5.00 Å². The Bertz CT molecular complexity index is 806. The molecule has 3 saturated carbocycles. The van der Waals surface area contributed by atoms with E-state index in [1.807, 2.05) is 0 Å². The number of amides is 1. The van der Waals surface area contributed by atoms with Crippen molar-refractivity contribution in [3.8, 4) is 0 Å². The number of anilines is 1. The van der Waals surface area contributed by atoms with Crippen LogP contribution in [0.1, 0.15) is 66.8 Å². The van der Waals surface area contributed by atoms with Crippen molar-refractivity contribution in [2.45, 2.75) is 64.9 Å². The average molecular weight is 406 g/mol. The minimum absolute atomic E-state index is 0.0805. The highest BCUT2D eigenvalue weighted by atomic mass is 32.1. The van der Waals surface area contributed by atoms with Crippen LogP contribution in [0.3, 0.4) is 0 Å². The molecule has 5 rings (SSSR count). The molecule has 7 heteroatoms. The van der Waals surface area contributed by atoms with Crippen LogP contribution in [0.5, 0.6) is 0 Å². The van der Waals surface area contributed by atoms with Crippen LogP contribution >= 0.6 is 11.3 Å². The summed E-state index contributed by atoms with van der Waals surface area (Å²) < 4.78 is 5.42. The van der Waals surface area contributed by atoms with Gasteiger partial charge in [-0.05, 0) is 76.2 Å². The quantitative estimate of drug-likeness (QED) is 0.725. The molecule has 2 N–H and O–H groups in total. The van der Waals surface area contributed by atoms with Gasteiger partial charge in [-0.25, -0.2) is 4.79 Å². The molecular weight excluding hydrogens is 378 g/mol. The van der Waals surface area contributed by atoms with E-state index in [0.717, 1.165) is 55.4 Å². The number of thiophene rings is 1. The summed E-state index contributed by atoms with van der Waals surface area (Å²) in [7, 11) is 0. The average Bonchev–Trinajstić information content (AvgIpc) is 3.21.